The van der Waals surface area contributed by atoms with Crippen LogP contribution in [0.3, 0.4) is 0 Å². The highest BCUT2D eigenvalue weighted by atomic mass is 16.6. The summed E-state index contributed by atoms with van der Waals surface area (Å²) in [5.41, 5.74) is 6.02. The van der Waals surface area contributed by atoms with E-state index in [4.69, 9.17) is 10.5 Å². The summed E-state index contributed by atoms with van der Waals surface area (Å²) in [5, 5.41) is 14.0. The predicted molar refractivity (Wildman–Crippen MR) is 79.2 cm³/mol. The lowest BCUT2D eigenvalue weighted by Crippen LogP contribution is -2.45. The first-order valence-corrected chi connectivity index (χ1v) is 6.92. The zero-order valence-electron chi connectivity index (χ0n) is 12.3. The fourth-order valence-corrected chi connectivity index (χ4v) is 1.78. The summed E-state index contributed by atoms with van der Waals surface area (Å²) in [4.78, 5) is 21.9. The van der Waals surface area contributed by atoms with Gasteiger partial charge in [-0.1, -0.05) is 19.9 Å². The van der Waals surface area contributed by atoms with Gasteiger partial charge in [-0.3, -0.25) is 14.9 Å². The highest BCUT2D eigenvalue weighted by Crippen LogP contribution is 2.28. The molecule has 0 bridgehead atoms. The van der Waals surface area contributed by atoms with E-state index in [0.29, 0.717) is 13.0 Å². The predicted octanol–water partition coefficient (Wildman–Crippen LogP) is 1.39. The van der Waals surface area contributed by atoms with E-state index in [0.717, 1.165) is 12.0 Å². The summed E-state index contributed by atoms with van der Waals surface area (Å²) in [6, 6.07) is 4.12. The van der Waals surface area contributed by atoms with Crippen LogP contribution in [0.4, 0.5) is 5.69 Å². The number of amides is 1. The van der Waals surface area contributed by atoms with E-state index in [1.807, 2.05) is 13.8 Å². The Balaban J connectivity index is 2.81. The number of rotatable bonds is 9. The number of primary amides is 1. The first-order valence-electron chi connectivity index (χ1n) is 6.92. The first kappa shape index (κ1) is 16.9. The van der Waals surface area contributed by atoms with Crippen LogP contribution in [0.1, 0.15) is 25.8 Å². The molecule has 0 saturated heterocycles. The van der Waals surface area contributed by atoms with Crippen molar-refractivity contribution < 1.29 is 14.5 Å². The van der Waals surface area contributed by atoms with Gasteiger partial charge in [0.25, 0.3) is 0 Å². The fraction of sp³-hybridized carbons (Fsp3) is 0.500. The van der Waals surface area contributed by atoms with Crippen molar-refractivity contribution in [1.82, 2.24) is 5.32 Å². The number of carbonyl (C=O) groups excluding carboxylic acids is 1. The number of nitro benzene ring substituents is 1. The van der Waals surface area contributed by atoms with Crippen LogP contribution < -0.4 is 15.8 Å². The molecule has 1 aromatic rings. The van der Waals surface area contributed by atoms with Crippen LogP contribution in [0.5, 0.6) is 5.75 Å². The van der Waals surface area contributed by atoms with Crippen LogP contribution in [-0.2, 0) is 11.2 Å². The second-order valence-corrected chi connectivity index (χ2v) is 4.63. The molecule has 3 N–H and O–H groups in total. The maximum Gasteiger partial charge on any atom is 0.311 e. The smallest absolute Gasteiger partial charge is 0.311 e. The van der Waals surface area contributed by atoms with E-state index < -0.39 is 16.9 Å². The molecule has 0 heterocycles. The second-order valence-electron chi connectivity index (χ2n) is 4.63. The average Bonchev–Trinajstić information content (AvgIpc) is 2.46. The Morgan fingerprint density at radius 2 is 2.19 bits per heavy atom. The van der Waals surface area contributed by atoms with Gasteiger partial charge >= 0.3 is 5.69 Å². The number of ether oxygens (including phenoxy) is 1. The molecule has 1 amide bonds. The lowest BCUT2D eigenvalue weighted by molar-refractivity contribution is -0.385. The molecule has 116 valence electrons. The van der Waals surface area contributed by atoms with E-state index >= 15 is 0 Å². The third-order valence-corrected chi connectivity index (χ3v) is 3.02. The van der Waals surface area contributed by atoms with Gasteiger partial charge in [0.05, 0.1) is 4.92 Å². The molecule has 7 heteroatoms. The van der Waals surface area contributed by atoms with E-state index in [1.54, 1.807) is 12.1 Å². The Labute approximate surface area is 123 Å². The summed E-state index contributed by atoms with van der Waals surface area (Å²) >= 11 is 0. The SMILES string of the molecule is CCCNC(COc1ccc(CC)cc1[N+](=O)[O-])C(N)=O. The average molecular weight is 295 g/mol. The number of hydrogen-bond acceptors (Lipinski definition) is 5. The Bertz CT molecular complexity index is 505. The highest BCUT2D eigenvalue weighted by molar-refractivity contribution is 5.80. The van der Waals surface area contributed by atoms with Crippen molar-refractivity contribution >= 4 is 11.6 Å². The van der Waals surface area contributed by atoms with Gasteiger partial charge in [0.1, 0.15) is 12.6 Å². The number of hydrogen-bond donors (Lipinski definition) is 2. The van der Waals surface area contributed by atoms with Crippen molar-refractivity contribution in [3.05, 3.63) is 33.9 Å². The monoisotopic (exact) mass is 295 g/mol. The van der Waals surface area contributed by atoms with Gasteiger partial charge in [-0.2, -0.15) is 0 Å². The Morgan fingerprint density at radius 3 is 2.71 bits per heavy atom. The number of nitrogens with two attached hydrogens (primary N) is 1. The third-order valence-electron chi connectivity index (χ3n) is 3.02. The maximum absolute atomic E-state index is 11.3. The van der Waals surface area contributed by atoms with Crippen LogP contribution in [0, 0.1) is 10.1 Å². The van der Waals surface area contributed by atoms with Crippen LogP contribution in [-0.4, -0.2) is 30.0 Å². The number of nitrogens with zero attached hydrogens (tertiary/aromatic N) is 1. The minimum absolute atomic E-state index is 0.0400. The number of benzene rings is 1. The minimum Gasteiger partial charge on any atom is -0.485 e. The van der Waals surface area contributed by atoms with E-state index in [1.165, 1.54) is 6.07 Å². The van der Waals surface area contributed by atoms with Crippen LogP contribution >= 0.6 is 0 Å². The van der Waals surface area contributed by atoms with Crippen molar-refractivity contribution in [2.24, 2.45) is 5.73 Å². The molecule has 0 fully saturated rings. The van der Waals surface area contributed by atoms with Gasteiger partial charge in [0.2, 0.25) is 5.91 Å². The van der Waals surface area contributed by atoms with Gasteiger partial charge in [-0.25, -0.2) is 0 Å². The summed E-state index contributed by atoms with van der Waals surface area (Å²) in [6.45, 7) is 4.45. The molecule has 0 aliphatic carbocycles. The summed E-state index contributed by atoms with van der Waals surface area (Å²) in [6.07, 6.45) is 1.54. The summed E-state index contributed by atoms with van der Waals surface area (Å²) in [5.74, 6) is -0.405. The molecule has 0 radical (unpaired) electrons. The van der Waals surface area contributed by atoms with Gasteiger partial charge in [-0.05, 0) is 31.0 Å². The summed E-state index contributed by atoms with van der Waals surface area (Å²) in [7, 11) is 0. The number of nitrogens with one attached hydrogen (secondary N) is 1. The van der Waals surface area contributed by atoms with Crippen molar-refractivity contribution in [1.29, 1.82) is 0 Å². The fourth-order valence-electron chi connectivity index (χ4n) is 1.78. The number of carbonyl (C=O) groups is 1. The zero-order chi connectivity index (χ0) is 15.8. The molecule has 0 aliphatic rings. The normalized spacial score (nSPS) is 11.9. The highest BCUT2D eigenvalue weighted by Gasteiger charge is 2.20. The zero-order valence-corrected chi connectivity index (χ0v) is 12.3. The summed E-state index contributed by atoms with van der Waals surface area (Å²) < 4.78 is 5.41. The third kappa shape index (κ3) is 5.03. The molecular formula is C14H21N3O4. The van der Waals surface area contributed by atoms with Gasteiger partial charge in [0, 0.05) is 6.07 Å². The number of nitro groups is 1. The standard InChI is InChI=1S/C14H21N3O4/c1-3-7-16-11(14(15)18)9-21-13-6-5-10(4-2)8-12(13)17(19)20/h5-6,8,11,16H,3-4,7,9H2,1-2H3,(H2,15,18). The second kappa shape index (κ2) is 8.21. The van der Waals surface area contributed by atoms with Crippen LogP contribution in [0.15, 0.2) is 18.2 Å². The van der Waals surface area contributed by atoms with Crippen molar-refractivity contribution in [2.75, 3.05) is 13.2 Å². The van der Waals surface area contributed by atoms with E-state index in [-0.39, 0.29) is 18.0 Å². The molecule has 0 aromatic heterocycles. The molecule has 7 nitrogen and oxygen atoms in total. The topological polar surface area (TPSA) is 107 Å². The lowest BCUT2D eigenvalue weighted by atomic mass is 10.1. The molecule has 0 saturated carbocycles. The molecule has 1 aromatic carbocycles. The minimum atomic E-state index is -0.671. The van der Waals surface area contributed by atoms with E-state index in [2.05, 4.69) is 5.32 Å². The van der Waals surface area contributed by atoms with Crippen molar-refractivity contribution in [3.63, 3.8) is 0 Å². The van der Waals surface area contributed by atoms with Gasteiger partial charge in [-0.15, -0.1) is 0 Å². The molecule has 1 rings (SSSR count). The maximum atomic E-state index is 11.3. The lowest BCUT2D eigenvalue weighted by Gasteiger charge is -2.16. The van der Waals surface area contributed by atoms with Crippen molar-refractivity contribution in [3.8, 4) is 5.75 Å². The van der Waals surface area contributed by atoms with Crippen LogP contribution in [0.2, 0.25) is 0 Å². The molecule has 1 unspecified atom stereocenters. The quantitative estimate of drug-likeness (QED) is 0.528. The molecule has 21 heavy (non-hydrogen) atoms. The molecular weight excluding hydrogens is 274 g/mol. The van der Waals surface area contributed by atoms with Gasteiger partial charge < -0.3 is 15.8 Å². The van der Waals surface area contributed by atoms with Crippen molar-refractivity contribution in [2.45, 2.75) is 32.7 Å². The Hall–Kier alpha value is -2.15. The Morgan fingerprint density at radius 1 is 1.48 bits per heavy atom. The van der Waals surface area contributed by atoms with E-state index in [9.17, 15) is 14.9 Å². The Kier molecular flexibility index (Phi) is 6.61. The molecule has 1 atom stereocenters. The molecule has 0 aliphatic heterocycles. The number of aryl methyl sites for hydroxylation is 1. The van der Waals surface area contributed by atoms with Gasteiger partial charge in [0.15, 0.2) is 5.75 Å². The first-order chi connectivity index (χ1) is 9.99. The molecule has 0 spiro atoms. The van der Waals surface area contributed by atoms with Crippen LogP contribution in [0.25, 0.3) is 0 Å². The largest absolute Gasteiger partial charge is 0.485 e.